The van der Waals surface area contributed by atoms with Gasteiger partial charge in [0.05, 0.1) is 5.69 Å². The van der Waals surface area contributed by atoms with Crippen LogP contribution in [0.4, 0.5) is 5.69 Å². The molecule has 1 aromatic carbocycles. The molecule has 1 atom stereocenters. The Labute approximate surface area is 87.7 Å². The minimum Gasteiger partial charge on any atom is -0.296 e. The van der Waals surface area contributed by atoms with Crippen LogP contribution in [0.25, 0.3) is 0 Å². The summed E-state index contributed by atoms with van der Waals surface area (Å²) in [5.41, 5.74) is 4.90. The molecule has 0 bridgehead atoms. The van der Waals surface area contributed by atoms with Crippen LogP contribution < -0.4 is 10.5 Å². The molecule has 0 radical (unpaired) electrons. The Morgan fingerprint density at radius 3 is 2.93 bits per heavy atom. The van der Waals surface area contributed by atoms with Crippen molar-refractivity contribution in [1.82, 2.24) is 5.43 Å². The van der Waals surface area contributed by atoms with Crippen molar-refractivity contribution < 1.29 is 4.79 Å². The van der Waals surface area contributed by atoms with Crippen LogP contribution in [0.2, 0.25) is 0 Å². The van der Waals surface area contributed by atoms with Crippen molar-refractivity contribution in [2.24, 2.45) is 10.3 Å². The van der Waals surface area contributed by atoms with E-state index in [9.17, 15) is 4.79 Å². The summed E-state index contributed by atoms with van der Waals surface area (Å²) in [6.45, 7) is 3.48. The summed E-state index contributed by atoms with van der Waals surface area (Å²) in [7, 11) is 0. The van der Waals surface area contributed by atoms with Crippen molar-refractivity contribution in [2.75, 3.05) is 5.12 Å². The van der Waals surface area contributed by atoms with Gasteiger partial charge in [0.1, 0.15) is 0 Å². The Hall–Kier alpha value is -1.75. The van der Waals surface area contributed by atoms with Gasteiger partial charge >= 0.3 is 0 Å². The predicted octanol–water partition coefficient (Wildman–Crippen LogP) is 1.60. The third-order valence-electron chi connectivity index (χ3n) is 2.13. The lowest BCUT2D eigenvalue weighted by atomic mass is 10.2. The number of benzene rings is 1. The van der Waals surface area contributed by atoms with E-state index in [1.807, 2.05) is 31.2 Å². The minimum atomic E-state index is -0.550. The molecule has 5 heteroatoms. The summed E-state index contributed by atoms with van der Waals surface area (Å²) in [6, 6.07) is 7.80. The summed E-state index contributed by atoms with van der Waals surface area (Å²) >= 11 is 0. The van der Waals surface area contributed by atoms with Gasteiger partial charge in [0, 0.05) is 0 Å². The van der Waals surface area contributed by atoms with E-state index < -0.39 is 6.17 Å². The molecule has 1 heterocycles. The van der Waals surface area contributed by atoms with E-state index in [0.717, 1.165) is 11.3 Å². The molecule has 0 aromatic heterocycles. The molecule has 5 nitrogen and oxygen atoms in total. The van der Waals surface area contributed by atoms with Crippen LogP contribution in [0.3, 0.4) is 0 Å². The summed E-state index contributed by atoms with van der Waals surface area (Å²) < 4.78 is 0. The first-order valence-electron chi connectivity index (χ1n) is 4.71. The highest BCUT2D eigenvalue weighted by Crippen LogP contribution is 2.18. The highest BCUT2D eigenvalue weighted by molar-refractivity contribution is 5.81. The number of anilines is 1. The number of hydrogen-bond donors (Lipinski definition) is 1. The van der Waals surface area contributed by atoms with Crippen LogP contribution in [0.15, 0.2) is 34.6 Å². The summed E-state index contributed by atoms with van der Waals surface area (Å²) in [4.78, 5) is 11.0. The van der Waals surface area contributed by atoms with E-state index in [2.05, 4.69) is 15.8 Å². The van der Waals surface area contributed by atoms with E-state index in [-0.39, 0.29) is 5.78 Å². The Morgan fingerprint density at radius 1 is 1.53 bits per heavy atom. The smallest absolute Gasteiger partial charge is 0.199 e. The van der Waals surface area contributed by atoms with E-state index in [1.165, 1.54) is 12.0 Å². The van der Waals surface area contributed by atoms with Gasteiger partial charge in [0.25, 0.3) is 0 Å². The number of carbonyl (C=O) groups is 1. The first-order valence-corrected chi connectivity index (χ1v) is 4.71. The molecule has 1 N–H and O–H groups in total. The lowest BCUT2D eigenvalue weighted by Gasteiger charge is -2.14. The average molecular weight is 204 g/mol. The predicted molar refractivity (Wildman–Crippen MR) is 56.1 cm³/mol. The largest absolute Gasteiger partial charge is 0.296 e. The zero-order chi connectivity index (χ0) is 10.8. The molecule has 0 spiro atoms. The van der Waals surface area contributed by atoms with Gasteiger partial charge in [0.2, 0.25) is 0 Å². The number of rotatable bonds is 2. The molecule has 1 aliphatic rings. The molecule has 15 heavy (non-hydrogen) atoms. The number of aryl methyl sites for hydroxylation is 1. The summed E-state index contributed by atoms with van der Waals surface area (Å²) in [5, 5.41) is 9.20. The molecule has 1 aliphatic heterocycles. The molecule has 2 rings (SSSR count). The van der Waals surface area contributed by atoms with Crippen LogP contribution in [-0.4, -0.2) is 11.9 Å². The first-order chi connectivity index (χ1) is 7.16. The number of nitrogens with zero attached hydrogens (tertiary/aromatic N) is 3. The Morgan fingerprint density at radius 2 is 2.33 bits per heavy atom. The molecule has 0 amide bonds. The topological polar surface area (TPSA) is 57.1 Å². The molecule has 0 saturated heterocycles. The monoisotopic (exact) mass is 204 g/mol. The summed E-state index contributed by atoms with van der Waals surface area (Å²) in [5.74, 6) is -0.0473. The standard InChI is InChI=1S/C10H12N4O/c1-7-4-3-5-9(6-7)14-12-10(8(2)15)11-13-14/h3-6,10,12H,1-2H3. The lowest BCUT2D eigenvalue weighted by molar-refractivity contribution is -0.118. The SMILES string of the molecule is CC(=O)C1N=NN(c2cccc(C)c2)N1. The molecular formula is C10H12N4O. The number of nitrogens with one attached hydrogen (secondary N) is 1. The number of hydrazine groups is 1. The normalized spacial score (nSPS) is 19.6. The van der Waals surface area contributed by atoms with Gasteiger partial charge < -0.3 is 0 Å². The van der Waals surface area contributed by atoms with E-state index in [1.54, 1.807) is 0 Å². The van der Waals surface area contributed by atoms with Crippen LogP contribution in [-0.2, 0) is 4.79 Å². The molecule has 0 saturated carbocycles. The summed E-state index contributed by atoms with van der Waals surface area (Å²) in [6.07, 6.45) is -0.550. The zero-order valence-electron chi connectivity index (χ0n) is 8.64. The van der Waals surface area contributed by atoms with E-state index in [4.69, 9.17) is 0 Å². The van der Waals surface area contributed by atoms with Crippen LogP contribution in [0.1, 0.15) is 12.5 Å². The average Bonchev–Trinajstić information content (AvgIpc) is 2.66. The Kier molecular flexibility index (Phi) is 2.47. The maximum atomic E-state index is 11.0. The zero-order valence-corrected chi connectivity index (χ0v) is 8.64. The van der Waals surface area contributed by atoms with Crippen LogP contribution in [0.5, 0.6) is 0 Å². The van der Waals surface area contributed by atoms with Gasteiger partial charge in [-0.1, -0.05) is 17.4 Å². The van der Waals surface area contributed by atoms with Gasteiger partial charge in [-0.25, -0.2) is 0 Å². The second-order valence-corrected chi connectivity index (χ2v) is 3.50. The second kappa shape index (κ2) is 3.78. The van der Waals surface area contributed by atoms with Gasteiger partial charge in [-0.3, -0.25) is 4.79 Å². The fraction of sp³-hybridized carbons (Fsp3) is 0.300. The molecule has 0 fully saturated rings. The van der Waals surface area contributed by atoms with Crippen LogP contribution in [0, 0.1) is 6.92 Å². The van der Waals surface area contributed by atoms with Crippen molar-refractivity contribution >= 4 is 11.5 Å². The number of carbonyl (C=O) groups excluding carboxylic acids is 1. The maximum Gasteiger partial charge on any atom is 0.199 e. The Bertz CT molecular complexity index is 416. The lowest BCUT2D eigenvalue weighted by Crippen LogP contribution is -2.38. The molecule has 0 aliphatic carbocycles. The van der Waals surface area contributed by atoms with Gasteiger partial charge in [0.15, 0.2) is 11.9 Å². The number of ketones is 1. The van der Waals surface area contributed by atoms with E-state index in [0.29, 0.717) is 0 Å². The van der Waals surface area contributed by atoms with Crippen molar-refractivity contribution in [1.29, 1.82) is 0 Å². The van der Waals surface area contributed by atoms with Crippen molar-refractivity contribution in [3.63, 3.8) is 0 Å². The van der Waals surface area contributed by atoms with Crippen molar-refractivity contribution in [3.05, 3.63) is 29.8 Å². The molecular weight excluding hydrogens is 192 g/mol. The van der Waals surface area contributed by atoms with Crippen molar-refractivity contribution in [2.45, 2.75) is 20.0 Å². The highest BCUT2D eigenvalue weighted by Gasteiger charge is 2.22. The van der Waals surface area contributed by atoms with Crippen LogP contribution >= 0.6 is 0 Å². The molecule has 1 unspecified atom stereocenters. The van der Waals surface area contributed by atoms with Crippen molar-refractivity contribution in [3.8, 4) is 0 Å². The van der Waals surface area contributed by atoms with Gasteiger partial charge in [-0.2, -0.15) is 10.5 Å². The molecule has 1 aromatic rings. The van der Waals surface area contributed by atoms with E-state index >= 15 is 0 Å². The Balaban J connectivity index is 2.15. The second-order valence-electron chi connectivity index (χ2n) is 3.50. The highest BCUT2D eigenvalue weighted by atomic mass is 16.1. The fourth-order valence-electron chi connectivity index (χ4n) is 1.33. The number of hydrogen-bond acceptors (Lipinski definition) is 5. The van der Waals surface area contributed by atoms with Gasteiger partial charge in [-0.15, -0.1) is 5.11 Å². The third-order valence-corrected chi connectivity index (χ3v) is 2.13. The first kappa shape index (κ1) is 9.79. The number of Topliss-reactive ketones (excluding diaryl/α,β-unsaturated/α-hetero) is 1. The van der Waals surface area contributed by atoms with Gasteiger partial charge in [-0.05, 0) is 31.5 Å². The molecule has 78 valence electrons. The fourth-order valence-corrected chi connectivity index (χ4v) is 1.33. The minimum absolute atomic E-state index is 0.0473. The third kappa shape index (κ3) is 2.02. The maximum absolute atomic E-state index is 11.0. The quantitative estimate of drug-likeness (QED) is 0.796.